The first-order valence-corrected chi connectivity index (χ1v) is 7.83. The van der Waals surface area contributed by atoms with E-state index in [1.165, 1.54) is 7.11 Å². The Bertz CT molecular complexity index is 747. The minimum atomic E-state index is -0.496. The smallest absolute Gasteiger partial charge is 0.337 e. The summed E-state index contributed by atoms with van der Waals surface area (Å²) in [5, 5.41) is 5.58. The summed E-state index contributed by atoms with van der Waals surface area (Å²) in [5.74, 6) is -0.387. The highest BCUT2D eigenvalue weighted by Gasteiger charge is 2.40. The zero-order valence-corrected chi connectivity index (χ0v) is 13.9. The van der Waals surface area contributed by atoms with Crippen molar-refractivity contribution in [2.24, 2.45) is 5.41 Å². The molecule has 0 bridgehead atoms. The van der Waals surface area contributed by atoms with E-state index in [4.69, 9.17) is 0 Å². The third kappa shape index (κ3) is 2.91. The Morgan fingerprint density at radius 1 is 1.17 bits per heavy atom. The number of hydrogen-bond acceptors (Lipinski definition) is 4. The summed E-state index contributed by atoms with van der Waals surface area (Å²) in [6.07, 6.45) is 1.10. The lowest BCUT2D eigenvalue weighted by Gasteiger charge is -2.38. The lowest BCUT2D eigenvalue weighted by Crippen LogP contribution is -2.48. The van der Waals surface area contributed by atoms with Gasteiger partial charge in [-0.1, -0.05) is 26.0 Å². The van der Waals surface area contributed by atoms with Crippen molar-refractivity contribution in [1.29, 1.82) is 0 Å². The molecule has 0 fully saturated rings. The first-order chi connectivity index (χ1) is 11.3. The van der Waals surface area contributed by atoms with E-state index < -0.39 is 12.0 Å². The monoisotopic (exact) mass is 328 g/mol. The molecule has 0 saturated heterocycles. The van der Waals surface area contributed by atoms with Gasteiger partial charge < -0.3 is 15.4 Å². The lowest BCUT2D eigenvalue weighted by atomic mass is 9.73. The van der Waals surface area contributed by atoms with Gasteiger partial charge in [-0.3, -0.25) is 4.79 Å². The number of esters is 1. The highest BCUT2D eigenvalue weighted by atomic mass is 16.5. The Morgan fingerprint density at radius 3 is 2.46 bits per heavy atom. The molecule has 2 aliphatic rings. The predicted molar refractivity (Wildman–Crippen MR) is 87.2 cm³/mol. The number of benzene rings is 1. The number of hydrogen-bond donors (Lipinski definition) is 2. The van der Waals surface area contributed by atoms with E-state index >= 15 is 0 Å². The summed E-state index contributed by atoms with van der Waals surface area (Å²) in [7, 11) is 1.32. The van der Waals surface area contributed by atoms with E-state index in [1.807, 2.05) is 13.8 Å². The van der Waals surface area contributed by atoms with Crippen LogP contribution in [0.5, 0.6) is 0 Å². The SMILES string of the molecule is COC(=O)c1ccc(C2NC(=O)NC3=C2C(=O)CC(C)(C)C3)cc1. The molecule has 1 unspecified atom stereocenters. The normalized spacial score (nSPS) is 22.4. The van der Waals surface area contributed by atoms with Gasteiger partial charge in [0.1, 0.15) is 0 Å². The summed E-state index contributed by atoms with van der Waals surface area (Å²) >= 11 is 0. The van der Waals surface area contributed by atoms with Gasteiger partial charge in [-0.25, -0.2) is 9.59 Å². The van der Waals surface area contributed by atoms with Gasteiger partial charge in [0, 0.05) is 17.7 Å². The van der Waals surface area contributed by atoms with E-state index in [0.29, 0.717) is 29.7 Å². The van der Waals surface area contributed by atoms with Crippen LogP contribution in [0.2, 0.25) is 0 Å². The number of ketones is 1. The Morgan fingerprint density at radius 2 is 1.83 bits per heavy atom. The van der Waals surface area contributed by atoms with Crippen LogP contribution in [0, 0.1) is 5.41 Å². The van der Waals surface area contributed by atoms with Gasteiger partial charge in [0.2, 0.25) is 0 Å². The molecule has 1 aliphatic carbocycles. The fourth-order valence-electron chi connectivity index (χ4n) is 3.34. The van der Waals surface area contributed by atoms with E-state index in [-0.39, 0.29) is 17.2 Å². The van der Waals surface area contributed by atoms with Crippen molar-refractivity contribution in [2.45, 2.75) is 32.7 Å². The average Bonchev–Trinajstić information content (AvgIpc) is 2.51. The maximum absolute atomic E-state index is 12.6. The molecule has 1 aromatic carbocycles. The summed E-state index contributed by atoms with van der Waals surface area (Å²) in [6.45, 7) is 4.03. The molecule has 24 heavy (non-hydrogen) atoms. The van der Waals surface area contributed by atoms with Gasteiger partial charge >= 0.3 is 12.0 Å². The van der Waals surface area contributed by atoms with Crippen molar-refractivity contribution >= 4 is 17.8 Å². The quantitative estimate of drug-likeness (QED) is 0.817. The molecule has 126 valence electrons. The van der Waals surface area contributed by atoms with Crippen molar-refractivity contribution < 1.29 is 19.1 Å². The summed E-state index contributed by atoms with van der Waals surface area (Å²) in [5.41, 5.74) is 2.33. The van der Waals surface area contributed by atoms with E-state index in [9.17, 15) is 14.4 Å². The van der Waals surface area contributed by atoms with E-state index in [1.54, 1.807) is 24.3 Å². The number of ether oxygens (including phenoxy) is 1. The first-order valence-electron chi connectivity index (χ1n) is 7.83. The number of carbonyl (C=O) groups excluding carboxylic acids is 3. The second-order valence-electron chi connectivity index (χ2n) is 6.98. The van der Waals surface area contributed by atoms with Crippen LogP contribution in [0.1, 0.15) is 48.7 Å². The molecule has 1 atom stereocenters. The van der Waals surface area contributed by atoms with Crippen LogP contribution in [-0.2, 0) is 9.53 Å². The molecule has 1 aromatic rings. The molecule has 0 aromatic heterocycles. The van der Waals surface area contributed by atoms with Crippen LogP contribution in [0.15, 0.2) is 35.5 Å². The van der Waals surface area contributed by atoms with Crippen LogP contribution >= 0.6 is 0 Å². The second-order valence-corrected chi connectivity index (χ2v) is 6.98. The third-order valence-corrected chi connectivity index (χ3v) is 4.41. The van der Waals surface area contributed by atoms with Crippen LogP contribution in [-0.4, -0.2) is 24.9 Å². The van der Waals surface area contributed by atoms with Crippen molar-refractivity contribution in [3.8, 4) is 0 Å². The number of carbonyl (C=O) groups is 3. The standard InChI is InChI=1S/C18H20N2O4/c1-18(2)8-12-14(13(21)9-18)15(20-17(23)19-12)10-4-6-11(7-5-10)16(22)24-3/h4-7,15H,8-9H2,1-3H3,(H2,19,20,23). The van der Waals surface area contributed by atoms with Gasteiger partial charge in [0.05, 0.1) is 18.7 Å². The number of methoxy groups -OCH3 is 1. The molecular weight excluding hydrogens is 308 g/mol. The minimum Gasteiger partial charge on any atom is -0.465 e. The summed E-state index contributed by atoms with van der Waals surface area (Å²) < 4.78 is 4.68. The van der Waals surface area contributed by atoms with Crippen LogP contribution in [0.25, 0.3) is 0 Å². The fourth-order valence-corrected chi connectivity index (χ4v) is 3.34. The number of allylic oxidation sites excluding steroid dienone is 1. The summed E-state index contributed by atoms with van der Waals surface area (Å²) in [6, 6.07) is 5.92. The van der Waals surface area contributed by atoms with Crippen LogP contribution in [0.3, 0.4) is 0 Å². The molecule has 2 N–H and O–H groups in total. The average molecular weight is 328 g/mol. The zero-order chi connectivity index (χ0) is 17.5. The molecule has 6 heteroatoms. The highest BCUT2D eigenvalue weighted by molar-refractivity contribution is 6.01. The molecule has 2 amide bonds. The lowest BCUT2D eigenvalue weighted by molar-refractivity contribution is -0.118. The van der Waals surface area contributed by atoms with Crippen molar-refractivity contribution in [1.82, 2.24) is 10.6 Å². The first kappa shape index (κ1) is 16.2. The Labute approximate surface area is 140 Å². The summed E-state index contributed by atoms with van der Waals surface area (Å²) in [4.78, 5) is 36.2. The Balaban J connectivity index is 1.99. The van der Waals surface area contributed by atoms with E-state index in [2.05, 4.69) is 15.4 Å². The predicted octanol–water partition coefficient (Wildman–Crippen LogP) is 2.47. The van der Waals surface area contributed by atoms with Gasteiger partial charge in [-0.05, 0) is 29.5 Å². The molecule has 1 heterocycles. The van der Waals surface area contributed by atoms with Gasteiger partial charge in [0.25, 0.3) is 0 Å². The molecule has 0 saturated carbocycles. The number of Topliss-reactive ketones (excluding diaryl/α,β-unsaturated/α-hetero) is 1. The molecule has 6 nitrogen and oxygen atoms in total. The molecule has 3 rings (SSSR count). The van der Waals surface area contributed by atoms with Crippen molar-refractivity contribution in [3.05, 3.63) is 46.7 Å². The topological polar surface area (TPSA) is 84.5 Å². The number of amides is 2. The molecular formula is C18H20N2O4. The van der Waals surface area contributed by atoms with Crippen molar-refractivity contribution in [3.63, 3.8) is 0 Å². The van der Waals surface area contributed by atoms with Crippen LogP contribution < -0.4 is 10.6 Å². The van der Waals surface area contributed by atoms with Crippen molar-refractivity contribution in [2.75, 3.05) is 7.11 Å². The maximum Gasteiger partial charge on any atom is 0.337 e. The van der Waals surface area contributed by atoms with Gasteiger partial charge in [-0.2, -0.15) is 0 Å². The largest absolute Gasteiger partial charge is 0.465 e. The molecule has 0 radical (unpaired) electrons. The molecule has 0 spiro atoms. The third-order valence-electron chi connectivity index (χ3n) is 4.41. The second kappa shape index (κ2) is 5.78. The fraction of sp³-hybridized carbons (Fsp3) is 0.389. The minimum absolute atomic E-state index is 0.0378. The number of rotatable bonds is 2. The number of nitrogens with one attached hydrogen (secondary N) is 2. The van der Waals surface area contributed by atoms with Gasteiger partial charge in [0.15, 0.2) is 5.78 Å². The Hall–Kier alpha value is -2.63. The maximum atomic E-state index is 12.6. The zero-order valence-electron chi connectivity index (χ0n) is 13.9. The highest BCUT2D eigenvalue weighted by Crippen LogP contribution is 2.41. The van der Waals surface area contributed by atoms with Gasteiger partial charge in [-0.15, -0.1) is 0 Å². The molecule has 1 aliphatic heterocycles. The van der Waals surface area contributed by atoms with Crippen LogP contribution in [0.4, 0.5) is 4.79 Å². The Kier molecular flexibility index (Phi) is 3.91. The number of urea groups is 1. The van der Waals surface area contributed by atoms with E-state index in [0.717, 1.165) is 5.56 Å².